The second-order valence-corrected chi connectivity index (χ2v) is 4.06. The van der Waals surface area contributed by atoms with Crippen molar-refractivity contribution in [2.45, 2.75) is 25.2 Å². The van der Waals surface area contributed by atoms with Crippen LogP contribution < -0.4 is 22.1 Å². The molecule has 18 heavy (non-hydrogen) atoms. The summed E-state index contributed by atoms with van der Waals surface area (Å²) < 4.78 is 5.16. The van der Waals surface area contributed by atoms with Gasteiger partial charge in [-0.3, -0.25) is 0 Å². The van der Waals surface area contributed by atoms with Crippen LogP contribution in [0.25, 0.3) is 0 Å². The second-order valence-electron chi connectivity index (χ2n) is 4.06. The Kier molecular flexibility index (Phi) is 11.6. The van der Waals surface area contributed by atoms with E-state index in [0.717, 1.165) is 0 Å². The molecule has 0 aliphatic rings. The minimum Gasteiger partial charge on any atom is -0.390 e. The highest BCUT2D eigenvalue weighted by Crippen LogP contribution is 2.01. The van der Waals surface area contributed by atoms with Crippen LogP contribution in [0.1, 0.15) is 6.92 Å². The van der Waals surface area contributed by atoms with Gasteiger partial charge in [-0.25, -0.2) is 0 Å². The first-order valence-corrected chi connectivity index (χ1v) is 6.45. The molecule has 7 nitrogen and oxygen atoms in total. The number of hydrogen-bond acceptors (Lipinski definition) is 7. The van der Waals surface area contributed by atoms with Crippen LogP contribution in [0.4, 0.5) is 0 Å². The Morgan fingerprint density at radius 3 is 2.33 bits per heavy atom. The molecule has 0 bridgehead atoms. The average molecular weight is 264 g/mol. The summed E-state index contributed by atoms with van der Waals surface area (Å²) >= 11 is 0. The third-order valence-corrected chi connectivity index (χ3v) is 2.52. The van der Waals surface area contributed by atoms with Gasteiger partial charge in [-0.15, -0.1) is 0 Å². The summed E-state index contributed by atoms with van der Waals surface area (Å²) in [6.07, 6.45) is -1.50. The first-order valence-electron chi connectivity index (χ1n) is 6.45. The zero-order valence-corrected chi connectivity index (χ0v) is 11.1. The third-order valence-electron chi connectivity index (χ3n) is 2.52. The smallest absolute Gasteiger partial charge is 0.0951 e. The first kappa shape index (κ1) is 17.7. The molecule has 0 radical (unpaired) electrons. The van der Waals surface area contributed by atoms with Gasteiger partial charge in [0, 0.05) is 39.3 Å². The van der Waals surface area contributed by atoms with Crippen LogP contribution in [0.15, 0.2) is 0 Å². The predicted octanol–water partition coefficient (Wildman–Crippen LogP) is -2.79. The van der Waals surface area contributed by atoms with Crippen molar-refractivity contribution < 1.29 is 14.9 Å². The Labute approximate surface area is 109 Å². The molecule has 0 aliphatic carbocycles. The lowest BCUT2D eigenvalue weighted by molar-refractivity contribution is -0.0152. The lowest BCUT2D eigenvalue weighted by Gasteiger charge is -2.28. The van der Waals surface area contributed by atoms with Crippen LogP contribution in [0.5, 0.6) is 0 Å². The SMILES string of the molecule is CCOCC(O)C(NCCN)C(O)CNCCN. The highest BCUT2D eigenvalue weighted by Gasteiger charge is 2.26. The van der Waals surface area contributed by atoms with Gasteiger partial charge in [0.1, 0.15) is 0 Å². The Morgan fingerprint density at radius 2 is 1.78 bits per heavy atom. The molecule has 0 saturated carbocycles. The van der Waals surface area contributed by atoms with Crippen molar-refractivity contribution >= 4 is 0 Å². The number of hydrogen-bond donors (Lipinski definition) is 6. The molecule has 0 rings (SSSR count). The molecule has 3 atom stereocenters. The zero-order valence-electron chi connectivity index (χ0n) is 11.1. The molecule has 7 heteroatoms. The average Bonchev–Trinajstić information content (AvgIpc) is 2.37. The molecule has 0 aliphatic heterocycles. The highest BCUT2D eigenvalue weighted by molar-refractivity contribution is 4.84. The summed E-state index contributed by atoms with van der Waals surface area (Å²) in [5, 5.41) is 26.0. The first-order chi connectivity index (χ1) is 8.67. The minimum absolute atomic E-state index is 0.187. The van der Waals surface area contributed by atoms with Crippen molar-refractivity contribution in [2.75, 3.05) is 45.9 Å². The van der Waals surface area contributed by atoms with E-state index in [1.165, 1.54) is 0 Å². The van der Waals surface area contributed by atoms with Gasteiger partial charge in [0.05, 0.1) is 24.9 Å². The number of aliphatic hydroxyl groups excluding tert-OH is 2. The van der Waals surface area contributed by atoms with Crippen LogP contribution in [0.2, 0.25) is 0 Å². The summed E-state index contributed by atoms with van der Waals surface area (Å²) in [5.41, 5.74) is 10.8. The lowest BCUT2D eigenvalue weighted by Crippen LogP contribution is -2.54. The van der Waals surface area contributed by atoms with Gasteiger partial charge in [-0.05, 0) is 6.92 Å². The summed E-state index contributed by atoms with van der Waals surface area (Å²) in [5.74, 6) is 0. The number of nitrogens with one attached hydrogen (secondary N) is 2. The van der Waals surface area contributed by atoms with E-state index in [4.69, 9.17) is 16.2 Å². The van der Waals surface area contributed by atoms with Crippen molar-refractivity contribution in [3.63, 3.8) is 0 Å². The molecule has 8 N–H and O–H groups in total. The van der Waals surface area contributed by atoms with E-state index in [1.54, 1.807) is 0 Å². The molecular formula is C11H28N4O3. The minimum atomic E-state index is -0.772. The van der Waals surface area contributed by atoms with Crippen molar-refractivity contribution in [2.24, 2.45) is 11.5 Å². The van der Waals surface area contributed by atoms with Gasteiger partial charge in [-0.1, -0.05) is 0 Å². The fourth-order valence-electron chi connectivity index (χ4n) is 1.60. The van der Waals surface area contributed by atoms with Crippen molar-refractivity contribution in [1.82, 2.24) is 10.6 Å². The molecular weight excluding hydrogens is 236 g/mol. The number of nitrogens with two attached hydrogens (primary N) is 2. The van der Waals surface area contributed by atoms with Gasteiger partial charge in [-0.2, -0.15) is 0 Å². The van der Waals surface area contributed by atoms with E-state index >= 15 is 0 Å². The Balaban J connectivity index is 4.16. The maximum Gasteiger partial charge on any atom is 0.0951 e. The number of aliphatic hydroxyl groups is 2. The van der Waals surface area contributed by atoms with Gasteiger partial charge >= 0.3 is 0 Å². The molecule has 0 heterocycles. The second kappa shape index (κ2) is 11.8. The standard InChI is InChI=1S/C11H28N4O3/c1-2-18-8-10(17)11(15-6-4-13)9(16)7-14-5-3-12/h9-11,14-17H,2-8,12-13H2,1H3. The van der Waals surface area contributed by atoms with Crippen molar-refractivity contribution in [1.29, 1.82) is 0 Å². The number of ether oxygens (including phenoxy) is 1. The molecule has 0 amide bonds. The van der Waals surface area contributed by atoms with E-state index in [9.17, 15) is 10.2 Å². The Morgan fingerprint density at radius 1 is 1.11 bits per heavy atom. The van der Waals surface area contributed by atoms with Crippen LogP contribution in [-0.2, 0) is 4.74 Å². The monoisotopic (exact) mass is 264 g/mol. The molecule has 0 aromatic rings. The molecule has 110 valence electrons. The maximum atomic E-state index is 10.0. The molecule has 0 spiro atoms. The van der Waals surface area contributed by atoms with Crippen molar-refractivity contribution in [3.8, 4) is 0 Å². The van der Waals surface area contributed by atoms with E-state index in [2.05, 4.69) is 10.6 Å². The van der Waals surface area contributed by atoms with Gasteiger partial charge in [0.15, 0.2) is 0 Å². The summed E-state index contributed by atoms with van der Waals surface area (Å²) in [6.45, 7) is 5.05. The van der Waals surface area contributed by atoms with Gasteiger partial charge < -0.3 is 37.1 Å². The summed E-state index contributed by atoms with van der Waals surface area (Å²) in [6, 6.07) is -0.467. The van der Waals surface area contributed by atoms with Gasteiger partial charge in [0.25, 0.3) is 0 Å². The van der Waals surface area contributed by atoms with Crippen LogP contribution >= 0.6 is 0 Å². The molecule has 0 aromatic carbocycles. The van der Waals surface area contributed by atoms with E-state index in [-0.39, 0.29) is 6.61 Å². The third kappa shape index (κ3) is 7.93. The zero-order chi connectivity index (χ0) is 13.8. The summed E-state index contributed by atoms with van der Waals surface area (Å²) in [4.78, 5) is 0. The number of rotatable bonds is 12. The molecule has 0 aromatic heterocycles. The summed E-state index contributed by atoms with van der Waals surface area (Å²) in [7, 11) is 0. The predicted molar refractivity (Wildman–Crippen MR) is 71.3 cm³/mol. The van der Waals surface area contributed by atoms with Gasteiger partial charge in [0.2, 0.25) is 0 Å². The van der Waals surface area contributed by atoms with E-state index < -0.39 is 18.2 Å². The molecule has 3 unspecified atom stereocenters. The van der Waals surface area contributed by atoms with Crippen molar-refractivity contribution in [3.05, 3.63) is 0 Å². The normalized spacial score (nSPS) is 16.5. The highest BCUT2D eigenvalue weighted by atomic mass is 16.5. The van der Waals surface area contributed by atoms with E-state index in [1.807, 2.05) is 6.92 Å². The Hall–Kier alpha value is -0.280. The lowest BCUT2D eigenvalue weighted by atomic mass is 10.0. The quantitative estimate of drug-likeness (QED) is 0.210. The van der Waals surface area contributed by atoms with Crippen LogP contribution in [0.3, 0.4) is 0 Å². The molecule has 0 fully saturated rings. The van der Waals surface area contributed by atoms with Crippen LogP contribution in [0, 0.1) is 0 Å². The molecule has 0 saturated heterocycles. The fraction of sp³-hybridized carbons (Fsp3) is 1.00. The van der Waals surface area contributed by atoms with E-state index in [0.29, 0.717) is 39.3 Å². The largest absolute Gasteiger partial charge is 0.390 e. The fourth-order valence-corrected chi connectivity index (χ4v) is 1.60. The Bertz CT molecular complexity index is 186. The van der Waals surface area contributed by atoms with Crippen LogP contribution in [-0.4, -0.2) is 74.4 Å². The topological polar surface area (TPSA) is 126 Å². The maximum absolute atomic E-state index is 10.0.